The number of nitrogens with zero attached hydrogens (tertiary/aromatic N) is 2. The fraction of sp³-hybridized carbons (Fsp3) is 0. The van der Waals surface area contributed by atoms with Gasteiger partial charge in [-0.3, -0.25) is 0 Å². The van der Waals surface area contributed by atoms with Crippen LogP contribution < -0.4 is 0 Å². The summed E-state index contributed by atoms with van der Waals surface area (Å²) in [6.45, 7) is 0. The molecule has 3 rings (SSSR count). The molecule has 6 heteroatoms. The zero-order valence-electron chi connectivity index (χ0n) is 8.92. The molecule has 0 saturated carbocycles. The van der Waals surface area contributed by atoms with Crippen LogP contribution >= 0.6 is 39.1 Å². The average molecular weight is 343 g/mol. The fourth-order valence-corrected chi connectivity index (χ4v) is 2.65. The van der Waals surface area contributed by atoms with Crippen molar-refractivity contribution in [3.05, 3.63) is 45.4 Å². The van der Waals surface area contributed by atoms with E-state index in [-0.39, 0.29) is 5.28 Å². The van der Waals surface area contributed by atoms with Gasteiger partial charge in [-0.05, 0) is 33.6 Å². The smallest absolute Gasteiger partial charge is 0.222 e. The molecule has 0 radical (unpaired) electrons. The van der Waals surface area contributed by atoms with Gasteiger partial charge in [0.1, 0.15) is 0 Å². The maximum Gasteiger partial charge on any atom is 0.222 e. The highest BCUT2D eigenvalue weighted by atomic mass is 79.9. The topological polar surface area (TPSA) is 41.6 Å². The van der Waals surface area contributed by atoms with E-state index in [2.05, 4.69) is 30.9 Å². The molecule has 2 aromatic heterocycles. The summed E-state index contributed by atoms with van der Waals surface area (Å²) in [7, 11) is 0. The third kappa shape index (κ3) is 1.90. The van der Waals surface area contributed by atoms with Gasteiger partial charge in [0.05, 0.1) is 22.4 Å². The van der Waals surface area contributed by atoms with Gasteiger partial charge in [0.25, 0.3) is 0 Å². The summed E-state index contributed by atoms with van der Waals surface area (Å²) in [5.74, 6) is 0. The molecule has 3 aromatic rings. The monoisotopic (exact) mass is 341 g/mol. The lowest BCUT2D eigenvalue weighted by Gasteiger charge is -2.02. The Kier molecular flexibility index (Phi) is 3.01. The highest BCUT2D eigenvalue weighted by molar-refractivity contribution is 9.10. The number of rotatable bonds is 1. The maximum absolute atomic E-state index is 6.12. The number of hydrogen-bond donors (Lipinski definition) is 1. The molecule has 0 fully saturated rings. The van der Waals surface area contributed by atoms with Crippen LogP contribution in [0.3, 0.4) is 0 Å². The number of H-pyrrole nitrogens is 1. The summed E-state index contributed by atoms with van der Waals surface area (Å²) in [4.78, 5) is 11.2. The van der Waals surface area contributed by atoms with E-state index in [1.165, 1.54) is 6.20 Å². The van der Waals surface area contributed by atoms with Crippen molar-refractivity contribution in [3.63, 3.8) is 0 Å². The molecule has 3 nitrogen and oxygen atoms in total. The minimum atomic E-state index is 0.179. The minimum absolute atomic E-state index is 0.179. The van der Waals surface area contributed by atoms with Crippen molar-refractivity contribution in [3.8, 4) is 11.3 Å². The molecule has 0 bridgehead atoms. The van der Waals surface area contributed by atoms with Crippen LogP contribution in [0.25, 0.3) is 22.2 Å². The first-order valence-electron chi connectivity index (χ1n) is 5.11. The number of aromatic nitrogens is 3. The van der Waals surface area contributed by atoms with E-state index in [9.17, 15) is 0 Å². The van der Waals surface area contributed by atoms with Crippen LogP contribution in [0.2, 0.25) is 10.3 Å². The third-order valence-electron chi connectivity index (χ3n) is 2.63. The van der Waals surface area contributed by atoms with Crippen molar-refractivity contribution >= 4 is 50.0 Å². The number of hydrogen-bond acceptors (Lipinski definition) is 2. The van der Waals surface area contributed by atoms with E-state index >= 15 is 0 Å². The van der Waals surface area contributed by atoms with E-state index in [1.54, 1.807) is 0 Å². The Hall–Kier alpha value is -1.10. The summed E-state index contributed by atoms with van der Waals surface area (Å²) >= 11 is 15.4. The van der Waals surface area contributed by atoms with Crippen LogP contribution in [-0.4, -0.2) is 15.0 Å². The van der Waals surface area contributed by atoms with Crippen molar-refractivity contribution in [1.29, 1.82) is 0 Å². The lowest BCUT2D eigenvalue weighted by Crippen LogP contribution is -1.87. The second kappa shape index (κ2) is 4.53. The highest BCUT2D eigenvalue weighted by Gasteiger charge is 2.13. The van der Waals surface area contributed by atoms with Crippen LogP contribution in [-0.2, 0) is 0 Å². The Labute approximate surface area is 121 Å². The molecule has 0 aliphatic heterocycles. The molecule has 0 aliphatic carbocycles. The lowest BCUT2D eigenvalue weighted by atomic mass is 10.1. The maximum atomic E-state index is 6.12. The molecule has 1 aromatic carbocycles. The van der Waals surface area contributed by atoms with E-state index in [4.69, 9.17) is 23.2 Å². The summed E-state index contributed by atoms with van der Waals surface area (Å²) in [6.07, 6.45) is 3.36. The van der Waals surface area contributed by atoms with Crippen LogP contribution in [0.1, 0.15) is 0 Å². The number of benzene rings is 1. The predicted molar refractivity (Wildman–Crippen MR) is 77.0 cm³/mol. The molecule has 0 atom stereocenters. The van der Waals surface area contributed by atoms with Gasteiger partial charge in [0.15, 0.2) is 0 Å². The van der Waals surface area contributed by atoms with Gasteiger partial charge in [-0.2, -0.15) is 0 Å². The van der Waals surface area contributed by atoms with Crippen molar-refractivity contribution in [2.75, 3.05) is 0 Å². The van der Waals surface area contributed by atoms with Crippen LogP contribution in [0.15, 0.2) is 35.1 Å². The van der Waals surface area contributed by atoms with Crippen LogP contribution in [0.5, 0.6) is 0 Å². The van der Waals surface area contributed by atoms with Crippen molar-refractivity contribution in [2.45, 2.75) is 0 Å². The second-order valence-electron chi connectivity index (χ2n) is 3.70. The first-order valence-corrected chi connectivity index (χ1v) is 6.65. The van der Waals surface area contributed by atoms with Gasteiger partial charge in [-0.25, -0.2) is 9.97 Å². The van der Waals surface area contributed by atoms with E-state index in [0.717, 1.165) is 20.9 Å². The molecular weight excluding hydrogens is 337 g/mol. The van der Waals surface area contributed by atoms with Gasteiger partial charge >= 0.3 is 0 Å². The van der Waals surface area contributed by atoms with E-state index < -0.39 is 0 Å². The lowest BCUT2D eigenvalue weighted by molar-refractivity contribution is 1.17. The molecule has 0 unspecified atom stereocenters. The van der Waals surface area contributed by atoms with Crippen LogP contribution in [0.4, 0.5) is 0 Å². The van der Waals surface area contributed by atoms with Crippen molar-refractivity contribution in [1.82, 2.24) is 15.0 Å². The molecule has 0 aliphatic rings. The van der Waals surface area contributed by atoms with E-state index in [0.29, 0.717) is 10.7 Å². The van der Waals surface area contributed by atoms with Crippen molar-refractivity contribution < 1.29 is 0 Å². The SMILES string of the molecule is Clc1ncc(Cl)c(-c2c[nH]c3c(Br)cccc23)n1. The van der Waals surface area contributed by atoms with Gasteiger partial charge in [0.2, 0.25) is 5.28 Å². The molecule has 90 valence electrons. The predicted octanol–water partition coefficient (Wildman–Crippen LogP) is 4.69. The number of para-hydroxylation sites is 1. The molecule has 1 N–H and O–H groups in total. The van der Waals surface area contributed by atoms with Crippen LogP contribution in [0, 0.1) is 0 Å². The molecule has 2 heterocycles. The first-order chi connectivity index (χ1) is 8.66. The Morgan fingerprint density at radius 1 is 1.22 bits per heavy atom. The molecule has 18 heavy (non-hydrogen) atoms. The summed E-state index contributed by atoms with van der Waals surface area (Å²) in [6, 6.07) is 5.93. The Morgan fingerprint density at radius 2 is 2.06 bits per heavy atom. The van der Waals surface area contributed by atoms with Gasteiger partial charge in [-0.1, -0.05) is 23.7 Å². The summed E-state index contributed by atoms with van der Waals surface area (Å²) < 4.78 is 0.988. The Bertz CT molecular complexity index is 739. The van der Waals surface area contributed by atoms with Gasteiger partial charge in [0, 0.05) is 21.6 Å². The number of nitrogens with one attached hydrogen (secondary N) is 1. The standard InChI is InChI=1S/C12H6BrCl2N3/c13-8-3-1-2-6-7(4-16-10(6)8)11-9(14)5-17-12(15)18-11/h1-5,16H. The van der Waals surface area contributed by atoms with Gasteiger partial charge in [-0.15, -0.1) is 0 Å². The average Bonchev–Trinajstić information content (AvgIpc) is 2.77. The van der Waals surface area contributed by atoms with E-state index in [1.807, 2.05) is 24.4 Å². The molecular formula is C12H6BrCl2N3. The number of halogens is 3. The number of fused-ring (bicyclic) bond motifs is 1. The quantitative estimate of drug-likeness (QED) is 0.651. The summed E-state index contributed by atoms with van der Waals surface area (Å²) in [5.41, 5.74) is 2.53. The Morgan fingerprint density at radius 3 is 2.89 bits per heavy atom. The minimum Gasteiger partial charge on any atom is -0.360 e. The second-order valence-corrected chi connectivity index (χ2v) is 5.30. The van der Waals surface area contributed by atoms with Crippen molar-refractivity contribution in [2.24, 2.45) is 0 Å². The molecule has 0 saturated heterocycles. The fourth-order valence-electron chi connectivity index (χ4n) is 1.85. The highest BCUT2D eigenvalue weighted by Crippen LogP contribution is 2.34. The third-order valence-corrected chi connectivity index (χ3v) is 3.75. The summed E-state index contributed by atoms with van der Waals surface area (Å²) in [5, 5.41) is 1.68. The zero-order valence-corrected chi connectivity index (χ0v) is 12.0. The normalized spacial score (nSPS) is 11.1. The molecule has 0 spiro atoms. The largest absolute Gasteiger partial charge is 0.360 e. The zero-order chi connectivity index (χ0) is 12.7. The van der Waals surface area contributed by atoms with Gasteiger partial charge < -0.3 is 4.98 Å². The number of aromatic amines is 1. The Balaban J connectivity index is 2.32. The first kappa shape index (κ1) is 12.0. The molecule has 0 amide bonds.